The molecule has 1 saturated heterocycles. The highest BCUT2D eigenvalue weighted by atomic mass is 16.5. The molecule has 0 atom stereocenters. The largest absolute Gasteiger partial charge is 0.381 e. The Morgan fingerprint density at radius 1 is 1.38 bits per heavy atom. The van der Waals surface area contributed by atoms with E-state index in [1.165, 1.54) is 32.2 Å². The number of rotatable bonds is 5. The topological polar surface area (TPSA) is 36.3 Å². The van der Waals surface area contributed by atoms with E-state index in [1.807, 2.05) is 0 Å². The Kier molecular flexibility index (Phi) is 3.83. The maximum atomic E-state index is 8.79. The Bertz CT molecular complexity index is 262. The molecule has 0 N–H and O–H groups in total. The summed E-state index contributed by atoms with van der Waals surface area (Å²) >= 11 is 0. The molecule has 1 aliphatic heterocycles. The minimum Gasteiger partial charge on any atom is -0.381 e. The molecule has 0 radical (unpaired) electrons. The van der Waals surface area contributed by atoms with E-state index < -0.39 is 0 Å². The lowest BCUT2D eigenvalue weighted by molar-refractivity contribution is 0.0535. The SMILES string of the molecule is CN(CC1CCOCC1)CC1(CC#N)CC1. The van der Waals surface area contributed by atoms with Crippen molar-refractivity contribution < 1.29 is 4.74 Å². The summed E-state index contributed by atoms with van der Waals surface area (Å²) in [6.45, 7) is 4.15. The number of hydrogen-bond acceptors (Lipinski definition) is 3. The molecule has 0 aromatic heterocycles. The predicted octanol–water partition coefficient (Wildman–Crippen LogP) is 2.04. The first-order valence-electron chi connectivity index (χ1n) is 6.37. The number of nitrogens with zero attached hydrogens (tertiary/aromatic N) is 2. The van der Waals surface area contributed by atoms with Crippen molar-refractivity contribution in [2.75, 3.05) is 33.4 Å². The van der Waals surface area contributed by atoms with E-state index in [0.29, 0.717) is 5.41 Å². The van der Waals surface area contributed by atoms with E-state index >= 15 is 0 Å². The van der Waals surface area contributed by atoms with Gasteiger partial charge in [-0.1, -0.05) is 0 Å². The lowest BCUT2D eigenvalue weighted by Crippen LogP contribution is -2.33. The van der Waals surface area contributed by atoms with Gasteiger partial charge in [0.2, 0.25) is 0 Å². The Balaban J connectivity index is 1.71. The van der Waals surface area contributed by atoms with Gasteiger partial charge < -0.3 is 9.64 Å². The molecule has 1 saturated carbocycles. The van der Waals surface area contributed by atoms with Crippen molar-refractivity contribution in [1.82, 2.24) is 4.90 Å². The average molecular weight is 222 g/mol. The van der Waals surface area contributed by atoms with Crippen molar-refractivity contribution in [3.63, 3.8) is 0 Å². The van der Waals surface area contributed by atoms with Gasteiger partial charge in [0.15, 0.2) is 0 Å². The Labute approximate surface area is 98.4 Å². The molecule has 2 fully saturated rings. The fraction of sp³-hybridized carbons (Fsp3) is 0.923. The molecule has 0 aromatic carbocycles. The second-order valence-corrected chi connectivity index (χ2v) is 5.59. The molecule has 0 aromatic rings. The van der Waals surface area contributed by atoms with Crippen LogP contribution in [0.25, 0.3) is 0 Å². The van der Waals surface area contributed by atoms with E-state index in [2.05, 4.69) is 18.0 Å². The second kappa shape index (κ2) is 5.16. The zero-order valence-corrected chi connectivity index (χ0v) is 10.2. The summed E-state index contributed by atoms with van der Waals surface area (Å²) in [6.07, 6.45) is 5.65. The van der Waals surface area contributed by atoms with Crippen molar-refractivity contribution in [3.8, 4) is 6.07 Å². The van der Waals surface area contributed by atoms with Crippen LogP contribution >= 0.6 is 0 Å². The quantitative estimate of drug-likeness (QED) is 0.714. The molecular formula is C13H22N2O. The van der Waals surface area contributed by atoms with Crippen LogP contribution in [-0.4, -0.2) is 38.3 Å². The summed E-state index contributed by atoms with van der Waals surface area (Å²) < 4.78 is 5.37. The van der Waals surface area contributed by atoms with Gasteiger partial charge in [-0.05, 0) is 44.1 Å². The number of ether oxygens (including phenoxy) is 1. The van der Waals surface area contributed by atoms with Gasteiger partial charge in [-0.25, -0.2) is 0 Å². The van der Waals surface area contributed by atoms with Gasteiger partial charge in [0, 0.05) is 32.7 Å². The zero-order valence-electron chi connectivity index (χ0n) is 10.2. The van der Waals surface area contributed by atoms with E-state index in [0.717, 1.165) is 32.1 Å². The summed E-state index contributed by atoms with van der Waals surface area (Å²) in [7, 11) is 2.20. The molecule has 0 amide bonds. The molecule has 2 aliphatic rings. The van der Waals surface area contributed by atoms with Crippen LogP contribution in [0.15, 0.2) is 0 Å². The molecule has 0 bridgehead atoms. The molecule has 3 heteroatoms. The van der Waals surface area contributed by atoms with Crippen LogP contribution in [0.5, 0.6) is 0 Å². The first-order chi connectivity index (χ1) is 7.74. The summed E-state index contributed by atoms with van der Waals surface area (Å²) in [4.78, 5) is 2.43. The van der Waals surface area contributed by atoms with Crippen LogP contribution in [0.4, 0.5) is 0 Å². The molecule has 2 rings (SSSR count). The lowest BCUT2D eigenvalue weighted by atomic mass is 9.98. The molecule has 0 unspecified atom stereocenters. The van der Waals surface area contributed by atoms with Crippen LogP contribution in [0, 0.1) is 22.7 Å². The van der Waals surface area contributed by atoms with Crippen molar-refractivity contribution in [1.29, 1.82) is 5.26 Å². The van der Waals surface area contributed by atoms with Gasteiger partial charge in [0.1, 0.15) is 0 Å². The molecule has 90 valence electrons. The molecule has 1 heterocycles. The Hall–Kier alpha value is -0.590. The summed E-state index contributed by atoms with van der Waals surface area (Å²) in [5.74, 6) is 0.802. The van der Waals surface area contributed by atoms with E-state index in [9.17, 15) is 0 Å². The third-order valence-electron chi connectivity index (χ3n) is 3.93. The van der Waals surface area contributed by atoms with E-state index in [1.54, 1.807) is 0 Å². The van der Waals surface area contributed by atoms with Crippen LogP contribution < -0.4 is 0 Å². The minimum absolute atomic E-state index is 0.356. The normalized spacial score (nSPS) is 24.3. The van der Waals surface area contributed by atoms with Gasteiger partial charge in [-0.2, -0.15) is 5.26 Å². The summed E-state index contributed by atoms with van der Waals surface area (Å²) in [5, 5.41) is 8.79. The zero-order chi connectivity index (χ0) is 11.4. The van der Waals surface area contributed by atoms with E-state index in [-0.39, 0.29) is 0 Å². The highest BCUT2D eigenvalue weighted by Crippen LogP contribution is 2.49. The van der Waals surface area contributed by atoms with Crippen molar-refractivity contribution in [3.05, 3.63) is 0 Å². The first-order valence-corrected chi connectivity index (χ1v) is 6.37. The van der Waals surface area contributed by atoms with Crippen molar-refractivity contribution in [2.24, 2.45) is 11.3 Å². The van der Waals surface area contributed by atoms with Crippen LogP contribution in [-0.2, 0) is 4.74 Å². The third kappa shape index (κ3) is 3.20. The molecule has 16 heavy (non-hydrogen) atoms. The highest BCUT2D eigenvalue weighted by molar-refractivity contribution is 5.00. The standard InChI is InChI=1S/C13H22N2O/c1-15(10-12-2-8-16-9-3-12)11-13(4-5-13)6-7-14/h12H,2-6,8-11H2,1H3. The average Bonchev–Trinajstić information content (AvgIpc) is 2.99. The van der Waals surface area contributed by atoms with Gasteiger partial charge in [-0.3, -0.25) is 0 Å². The third-order valence-corrected chi connectivity index (χ3v) is 3.93. The van der Waals surface area contributed by atoms with Gasteiger partial charge in [0.25, 0.3) is 0 Å². The first kappa shape index (κ1) is 11.9. The molecule has 0 spiro atoms. The smallest absolute Gasteiger partial charge is 0.0628 e. The fourth-order valence-corrected chi connectivity index (χ4v) is 2.74. The van der Waals surface area contributed by atoms with Gasteiger partial charge >= 0.3 is 0 Å². The predicted molar refractivity (Wildman–Crippen MR) is 62.9 cm³/mol. The maximum Gasteiger partial charge on any atom is 0.0628 e. The van der Waals surface area contributed by atoms with Crippen LogP contribution in [0.2, 0.25) is 0 Å². The van der Waals surface area contributed by atoms with Crippen LogP contribution in [0.1, 0.15) is 32.1 Å². The van der Waals surface area contributed by atoms with Gasteiger partial charge in [0.05, 0.1) is 6.07 Å². The molecule has 1 aliphatic carbocycles. The van der Waals surface area contributed by atoms with E-state index in [4.69, 9.17) is 10.00 Å². The monoisotopic (exact) mass is 222 g/mol. The Morgan fingerprint density at radius 2 is 2.06 bits per heavy atom. The maximum absolute atomic E-state index is 8.79. The summed E-state index contributed by atoms with van der Waals surface area (Å²) in [6, 6.07) is 2.33. The van der Waals surface area contributed by atoms with Crippen molar-refractivity contribution in [2.45, 2.75) is 32.1 Å². The Morgan fingerprint density at radius 3 is 2.62 bits per heavy atom. The number of hydrogen-bond donors (Lipinski definition) is 0. The summed E-state index contributed by atoms with van der Waals surface area (Å²) in [5.41, 5.74) is 0.356. The minimum atomic E-state index is 0.356. The second-order valence-electron chi connectivity index (χ2n) is 5.59. The van der Waals surface area contributed by atoms with Gasteiger partial charge in [-0.15, -0.1) is 0 Å². The lowest BCUT2D eigenvalue weighted by Gasteiger charge is -2.29. The number of nitriles is 1. The molecular weight excluding hydrogens is 200 g/mol. The highest BCUT2D eigenvalue weighted by Gasteiger charge is 2.43. The fourth-order valence-electron chi connectivity index (χ4n) is 2.74. The van der Waals surface area contributed by atoms with Crippen LogP contribution in [0.3, 0.4) is 0 Å². The van der Waals surface area contributed by atoms with Crippen molar-refractivity contribution >= 4 is 0 Å². The molecule has 3 nitrogen and oxygen atoms in total.